The SMILES string of the molecule is COC1(C)C=C(OC(C)C)C2(C)C3=N[C@@H](c4cccc(C)c4)[C@@H](c4ccc(Cl)cc4)N3C(=O)N3CC(=O)NC1=C32. The minimum absolute atomic E-state index is 0.117. The van der Waals surface area contributed by atoms with E-state index < -0.39 is 17.1 Å². The van der Waals surface area contributed by atoms with Crippen LogP contribution in [-0.4, -0.2) is 52.9 Å². The molecule has 3 aliphatic heterocycles. The number of carbonyl (C=O) groups is 2. The van der Waals surface area contributed by atoms with Crippen molar-refractivity contribution in [1.29, 1.82) is 0 Å². The van der Waals surface area contributed by atoms with Crippen LogP contribution in [0, 0.1) is 12.3 Å². The number of nitrogens with zero attached hydrogens (tertiary/aromatic N) is 3. The number of hydrogen-bond donors (Lipinski definition) is 1. The van der Waals surface area contributed by atoms with Crippen LogP contribution in [0.4, 0.5) is 4.79 Å². The second-order valence-corrected chi connectivity index (χ2v) is 11.9. The molecule has 40 heavy (non-hydrogen) atoms. The minimum Gasteiger partial charge on any atom is -0.494 e. The normalized spacial score (nSPS) is 29.2. The summed E-state index contributed by atoms with van der Waals surface area (Å²) in [7, 11) is 1.58. The molecule has 2 unspecified atom stereocenters. The summed E-state index contributed by atoms with van der Waals surface area (Å²) < 4.78 is 12.4. The van der Waals surface area contributed by atoms with Gasteiger partial charge in [-0.25, -0.2) is 4.79 Å². The maximum absolute atomic E-state index is 14.5. The maximum atomic E-state index is 14.5. The van der Waals surface area contributed by atoms with Crippen LogP contribution >= 0.6 is 11.6 Å². The van der Waals surface area contributed by atoms with Crippen molar-refractivity contribution in [2.75, 3.05) is 13.7 Å². The molecule has 1 N–H and O–H groups in total. The molecule has 4 aliphatic rings. The summed E-state index contributed by atoms with van der Waals surface area (Å²) in [5, 5.41) is 3.63. The van der Waals surface area contributed by atoms with Gasteiger partial charge in [-0.2, -0.15) is 0 Å². The van der Waals surface area contributed by atoms with Crippen molar-refractivity contribution in [3.63, 3.8) is 0 Å². The second kappa shape index (κ2) is 9.21. The molecule has 1 aliphatic carbocycles. The first-order valence-corrected chi connectivity index (χ1v) is 13.9. The lowest BCUT2D eigenvalue weighted by Gasteiger charge is -2.54. The van der Waals surface area contributed by atoms with Gasteiger partial charge in [0.1, 0.15) is 35.2 Å². The third-order valence-electron chi connectivity index (χ3n) is 8.28. The Labute approximate surface area is 239 Å². The van der Waals surface area contributed by atoms with Gasteiger partial charge in [0.2, 0.25) is 5.91 Å². The molecule has 2 aromatic carbocycles. The van der Waals surface area contributed by atoms with Crippen LogP contribution in [0.5, 0.6) is 0 Å². The molecular weight excluding hydrogens is 528 g/mol. The molecule has 208 valence electrons. The summed E-state index contributed by atoms with van der Waals surface area (Å²) in [5.41, 5.74) is 2.17. The molecule has 1 fully saturated rings. The first-order chi connectivity index (χ1) is 19.0. The molecule has 0 radical (unpaired) electrons. The second-order valence-electron chi connectivity index (χ2n) is 11.4. The summed E-state index contributed by atoms with van der Waals surface area (Å²) in [4.78, 5) is 36.2. The van der Waals surface area contributed by atoms with Gasteiger partial charge in [-0.05, 0) is 64.0 Å². The number of hydrogen-bond acceptors (Lipinski definition) is 5. The number of aryl methyl sites for hydroxylation is 1. The zero-order valence-corrected chi connectivity index (χ0v) is 24.2. The van der Waals surface area contributed by atoms with Gasteiger partial charge in [0.25, 0.3) is 0 Å². The molecule has 3 heterocycles. The monoisotopic (exact) mass is 560 g/mol. The number of benzene rings is 2. The van der Waals surface area contributed by atoms with Crippen LogP contribution < -0.4 is 5.32 Å². The first kappa shape index (κ1) is 26.6. The van der Waals surface area contributed by atoms with E-state index in [4.69, 9.17) is 26.1 Å². The fraction of sp³-hybridized carbons (Fsp3) is 0.387. The number of halogens is 1. The van der Waals surface area contributed by atoms with Gasteiger partial charge < -0.3 is 14.8 Å². The van der Waals surface area contributed by atoms with Crippen molar-refractivity contribution in [3.8, 4) is 0 Å². The number of rotatable bonds is 5. The average molecular weight is 561 g/mol. The van der Waals surface area contributed by atoms with Gasteiger partial charge >= 0.3 is 6.03 Å². The topological polar surface area (TPSA) is 83.5 Å². The van der Waals surface area contributed by atoms with E-state index in [2.05, 4.69) is 11.4 Å². The maximum Gasteiger partial charge on any atom is 0.330 e. The molecule has 8 nitrogen and oxygen atoms in total. The molecule has 3 amide bonds. The van der Waals surface area contributed by atoms with Crippen LogP contribution in [0.15, 0.2) is 76.8 Å². The quantitative estimate of drug-likeness (QED) is 0.512. The summed E-state index contributed by atoms with van der Waals surface area (Å²) in [6.45, 7) is 9.74. The van der Waals surface area contributed by atoms with E-state index in [1.165, 1.54) is 0 Å². The van der Waals surface area contributed by atoms with Gasteiger partial charge in [0.05, 0.1) is 23.5 Å². The third kappa shape index (κ3) is 3.80. The highest BCUT2D eigenvalue weighted by Crippen LogP contribution is 2.57. The van der Waals surface area contributed by atoms with Crippen LogP contribution in [0.1, 0.15) is 56.5 Å². The molecule has 0 bridgehead atoms. The van der Waals surface area contributed by atoms with Crippen molar-refractivity contribution in [1.82, 2.24) is 15.1 Å². The molecule has 9 heteroatoms. The zero-order chi connectivity index (χ0) is 28.6. The smallest absolute Gasteiger partial charge is 0.330 e. The Morgan fingerprint density at radius 2 is 1.82 bits per heavy atom. The number of methoxy groups -OCH3 is 1. The van der Waals surface area contributed by atoms with E-state index in [0.717, 1.165) is 16.7 Å². The molecule has 2 aromatic rings. The summed E-state index contributed by atoms with van der Waals surface area (Å²) in [5.74, 6) is 0.925. The number of ether oxygens (including phenoxy) is 2. The number of urea groups is 1. The number of carbonyl (C=O) groups excluding carboxylic acids is 2. The first-order valence-electron chi connectivity index (χ1n) is 13.5. The van der Waals surface area contributed by atoms with E-state index in [0.29, 0.717) is 28.0 Å². The Balaban J connectivity index is 1.64. The molecule has 0 saturated carbocycles. The van der Waals surface area contributed by atoms with Crippen LogP contribution in [0.3, 0.4) is 0 Å². The molecule has 0 spiro atoms. The Bertz CT molecular complexity index is 1510. The Morgan fingerprint density at radius 3 is 2.48 bits per heavy atom. The number of nitrogens with one attached hydrogen (secondary N) is 1. The van der Waals surface area contributed by atoms with Gasteiger partial charge in [0.15, 0.2) is 0 Å². The highest BCUT2D eigenvalue weighted by atomic mass is 35.5. The predicted octanol–water partition coefficient (Wildman–Crippen LogP) is 5.66. The van der Waals surface area contributed by atoms with Crippen LogP contribution in [0.25, 0.3) is 0 Å². The van der Waals surface area contributed by atoms with E-state index >= 15 is 0 Å². The number of amides is 3. The molecule has 0 aromatic heterocycles. The minimum atomic E-state index is -1.01. The van der Waals surface area contributed by atoms with Crippen LogP contribution in [0.2, 0.25) is 5.02 Å². The molecule has 6 rings (SSSR count). The number of amidine groups is 1. The van der Waals surface area contributed by atoms with E-state index in [1.807, 2.05) is 83.2 Å². The fourth-order valence-electron chi connectivity index (χ4n) is 6.35. The highest BCUT2D eigenvalue weighted by Gasteiger charge is 2.63. The molecular formula is C31H33ClN4O4. The van der Waals surface area contributed by atoms with E-state index in [-0.39, 0.29) is 30.6 Å². The predicted molar refractivity (Wildman–Crippen MR) is 152 cm³/mol. The Kier molecular flexibility index (Phi) is 6.12. The fourth-order valence-corrected chi connectivity index (χ4v) is 6.48. The van der Waals surface area contributed by atoms with Crippen molar-refractivity contribution >= 4 is 29.4 Å². The van der Waals surface area contributed by atoms with E-state index in [1.54, 1.807) is 16.9 Å². The zero-order valence-electron chi connectivity index (χ0n) is 23.5. The van der Waals surface area contributed by atoms with Crippen molar-refractivity contribution < 1.29 is 19.1 Å². The summed E-state index contributed by atoms with van der Waals surface area (Å²) in [6, 6.07) is 14.6. The largest absolute Gasteiger partial charge is 0.494 e. The standard InChI is InChI=1S/C31H33ClN4O4/c1-17(2)40-22-15-30(4,39-6)26-27-31(22,5)28-34-24(20-9-7-8-18(3)14-20)25(19-10-12-21(32)13-11-19)36(28)29(38)35(27)16-23(37)33-26/h7-15,17,24-25H,16H2,1-6H3,(H,33,37)/t24-,25+,30?,31?/m0/s1. The van der Waals surface area contributed by atoms with Crippen molar-refractivity contribution in [2.45, 2.75) is 58.4 Å². The van der Waals surface area contributed by atoms with Crippen LogP contribution in [-0.2, 0) is 14.3 Å². The van der Waals surface area contributed by atoms with Gasteiger partial charge in [0, 0.05) is 12.1 Å². The molecule has 1 saturated heterocycles. The highest BCUT2D eigenvalue weighted by molar-refractivity contribution is 6.30. The Morgan fingerprint density at radius 1 is 1.10 bits per heavy atom. The molecule has 4 atom stereocenters. The average Bonchev–Trinajstić information content (AvgIpc) is 3.32. The van der Waals surface area contributed by atoms with Crippen molar-refractivity contribution in [2.24, 2.45) is 10.4 Å². The lowest BCUT2D eigenvalue weighted by molar-refractivity contribution is -0.123. The third-order valence-corrected chi connectivity index (χ3v) is 8.53. The van der Waals surface area contributed by atoms with Gasteiger partial charge in [-0.3, -0.25) is 19.6 Å². The number of fused-ring (bicyclic) bond motifs is 2. The lowest BCUT2D eigenvalue weighted by atomic mass is 9.71. The van der Waals surface area contributed by atoms with Crippen molar-refractivity contribution in [3.05, 3.63) is 93.5 Å². The number of aliphatic imine (C=N–C) groups is 1. The van der Waals surface area contributed by atoms with Gasteiger partial charge in [-0.15, -0.1) is 0 Å². The summed E-state index contributed by atoms with van der Waals surface area (Å²) in [6.07, 6.45) is 1.76. The van der Waals surface area contributed by atoms with E-state index in [9.17, 15) is 9.59 Å². The lowest BCUT2D eigenvalue weighted by Crippen LogP contribution is -2.66. The van der Waals surface area contributed by atoms with Gasteiger partial charge in [-0.1, -0.05) is 53.6 Å². The Hall–Kier alpha value is -3.62. The summed E-state index contributed by atoms with van der Waals surface area (Å²) >= 11 is 6.26.